The van der Waals surface area contributed by atoms with Crippen molar-refractivity contribution < 1.29 is 8.42 Å². The van der Waals surface area contributed by atoms with E-state index in [4.69, 9.17) is 5.26 Å². The fourth-order valence-electron chi connectivity index (χ4n) is 2.79. The van der Waals surface area contributed by atoms with Crippen molar-refractivity contribution in [3.05, 3.63) is 29.8 Å². The van der Waals surface area contributed by atoms with Gasteiger partial charge in [0.1, 0.15) is 0 Å². The number of sulfone groups is 1. The van der Waals surface area contributed by atoms with Crippen LogP contribution < -0.4 is 0 Å². The monoisotopic (exact) mass is 306 g/mol. The first-order valence-corrected chi connectivity index (χ1v) is 9.15. The van der Waals surface area contributed by atoms with Crippen molar-refractivity contribution in [2.45, 2.75) is 31.1 Å². The van der Waals surface area contributed by atoms with Crippen LogP contribution in [0.25, 0.3) is 0 Å². The summed E-state index contributed by atoms with van der Waals surface area (Å²) in [5, 5.41) is 8.75. The highest BCUT2D eigenvalue weighted by atomic mass is 32.2. The molecule has 1 unspecified atom stereocenters. The van der Waals surface area contributed by atoms with Gasteiger partial charge in [-0.3, -0.25) is 0 Å². The lowest BCUT2D eigenvalue weighted by atomic mass is 9.96. The molecule has 1 saturated heterocycles. The van der Waals surface area contributed by atoms with Crippen LogP contribution in [0.1, 0.15) is 31.7 Å². The minimum absolute atomic E-state index is 0.148. The van der Waals surface area contributed by atoms with Crippen LogP contribution in [0.4, 0.5) is 0 Å². The van der Waals surface area contributed by atoms with E-state index in [2.05, 4.69) is 11.8 Å². The molecule has 0 amide bonds. The first kappa shape index (κ1) is 16.0. The largest absolute Gasteiger partial charge is 0.302 e. The number of likely N-dealkylation sites (tertiary alicyclic amines) is 1. The average molecular weight is 306 g/mol. The van der Waals surface area contributed by atoms with E-state index in [9.17, 15) is 8.42 Å². The van der Waals surface area contributed by atoms with Crippen LogP contribution in [0, 0.1) is 17.2 Å². The van der Waals surface area contributed by atoms with E-state index >= 15 is 0 Å². The standard InChI is InChI=1S/C16H22N2O2S/c1-2-14-4-3-9-18(13-14)10-11-21(19,20)16-7-5-15(12-17)6-8-16/h5-8,14H,2-4,9-11,13H2,1H3. The summed E-state index contributed by atoms with van der Waals surface area (Å²) in [5.41, 5.74) is 0.482. The molecule has 0 N–H and O–H groups in total. The lowest BCUT2D eigenvalue weighted by Crippen LogP contribution is -2.38. The van der Waals surface area contributed by atoms with Crippen LogP contribution in [0.15, 0.2) is 29.2 Å². The fourth-order valence-corrected chi connectivity index (χ4v) is 4.08. The summed E-state index contributed by atoms with van der Waals surface area (Å²) in [4.78, 5) is 2.57. The third-order valence-electron chi connectivity index (χ3n) is 4.20. The minimum atomic E-state index is -3.26. The molecule has 1 aliphatic heterocycles. The number of benzene rings is 1. The van der Waals surface area contributed by atoms with Crippen molar-refractivity contribution in [3.8, 4) is 6.07 Å². The van der Waals surface area contributed by atoms with Crippen molar-refractivity contribution >= 4 is 9.84 Å². The number of nitrogens with zero attached hydrogens (tertiary/aromatic N) is 2. The van der Waals surface area contributed by atoms with Gasteiger partial charge in [0.2, 0.25) is 0 Å². The van der Waals surface area contributed by atoms with Crippen molar-refractivity contribution in [2.75, 3.05) is 25.4 Å². The second kappa shape index (κ2) is 7.06. The molecule has 5 heteroatoms. The molecule has 1 aliphatic rings. The molecule has 0 aliphatic carbocycles. The molecule has 1 atom stereocenters. The van der Waals surface area contributed by atoms with Gasteiger partial charge in [0.25, 0.3) is 0 Å². The Kier molecular flexibility index (Phi) is 5.38. The number of nitriles is 1. The Hall–Kier alpha value is -1.38. The maximum absolute atomic E-state index is 12.3. The molecule has 0 saturated carbocycles. The predicted octanol–water partition coefficient (Wildman–Crippen LogP) is 2.45. The highest BCUT2D eigenvalue weighted by Gasteiger charge is 2.21. The van der Waals surface area contributed by atoms with Crippen LogP contribution in [-0.4, -0.2) is 38.7 Å². The van der Waals surface area contributed by atoms with Gasteiger partial charge in [-0.25, -0.2) is 8.42 Å². The van der Waals surface area contributed by atoms with E-state index in [0.717, 1.165) is 19.5 Å². The van der Waals surface area contributed by atoms with Crippen LogP contribution >= 0.6 is 0 Å². The molecule has 4 nitrogen and oxygen atoms in total. The van der Waals surface area contributed by atoms with E-state index in [1.807, 2.05) is 6.07 Å². The highest BCUT2D eigenvalue weighted by molar-refractivity contribution is 7.91. The van der Waals surface area contributed by atoms with Gasteiger partial charge in [-0.2, -0.15) is 5.26 Å². The first-order valence-electron chi connectivity index (χ1n) is 7.50. The van der Waals surface area contributed by atoms with Crippen LogP contribution in [0.5, 0.6) is 0 Å². The van der Waals surface area contributed by atoms with E-state index in [-0.39, 0.29) is 5.75 Å². The number of rotatable bonds is 5. The van der Waals surface area contributed by atoms with E-state index in [1.165, 1.54) is 25.0 Å². The van der Waals surface area contributed by atoms with Crippen LogP contribution in [0.2, 0.25) is 0 Å². The Morgan fingerprint density at radius 3 is 2.67 bits per heavy atom. The maximum Gasteiger partial charge on any atom is 0.179 e. The van der Waals surface area contributed by atoms with Gasteiger partial charge in [-0.1, -0.05) is 13.3 Å². The lowest BCUT2D eigenvalue weighted by Gasteiger charge is -2.32. The summed E-state index contributed by atoms with van der Waals surface area (Å²) in [6.07, 6.45) is 3.59. The molecule has 1 fully saturated rings. The molecule has 0 bridgehead atoms. The third kappa shape index (κ3) is 4.29. The quantitative estimate of drug-likeness (QED) is 0.838. The van der Waals surface area contributed by atoms with Gasteiger partial charge in [-0.05, 0) is 49.6 Å². The Bertz CT molecular complexity index is 602. The minimum Gasteiger partial charge on any atom is -0.302 e. The Labute approximate surface area is 127 Å². The van der Waals surface area contributed by atoms with Crippen molar-refractivity contribution in [3.63, 3.8) is 0 Å². The van der Waals surface area contributed by atoms with Gasteiger partial charge in [0.05, 0.1) is 22.3 Å². The summed E-state index contributed by atoms with van der Waals surface area (Å²) < 4.78 is 24.6. The molecule has 1 aromatic rings. The highest BCUT2D eigenvalue weighted by Crippen LogP contribution is 2.19. The number of hydrogen-bond donors (Lipinski definition) is 0. The molecule has 1 heterocycles. The second-order valence-corrected chi connectivity index (χ2v) is 7.78. The zero-order valence-electron chi connectivity index (χ0n) is 12.5. The topological polar surface area (TPSA) is 61.2 Å². The molecular formula is C16H22N2O2S. The summed E-state index contributed by atoms with van der Waals surface area (Å²) in [6, 6.07) is 8.16. The van der Waals surface area contributed by atoms with Crippen LogP contribution in [0.3, 0.4) is 0 Å². The molecular weight excluding hydrogens is 284 g/mol. The fraction of sp³-hybridized carbons (Fsp3) is 0.562. The van der Waals surface area contributed by atoms with Gasteiger partial charge < -0.3 is 4.90 Å². The lowest BCUT2D eigenvalue weighted by molar-refractivity contribution is 0.180. The molecule has 114 valence electrons. The molecule has 0 radical (unpaired) electrons. The Morgan fingerprint density at radius 1 is 1.33 bits per heavy atom. The summed E-state index contributed by atoms with van der Waals surface area (Å²) in [6.45, 7) is 4.80. The zero-order valence-corrected chi connectivity index (χ0v) is 13.3. The van der Waals surface area contributed by atoms with Crippen LogP contribution in [-0.2, 0) is 9.84 Å². The smallest absolute Gasteiger partial charge is 0.179 e. The molecule has 1 aromatic carbocycles. The third-order valence-corrected chi connectivity index (χ3v) is 5.91. The summed E-state index contributed by atoms with van der Waals surface area (Å²) in [7, 11) is -3.26. The summed E-state index contributed by atoms with van der Waals surface area (Å²) in [5.74, 6) is 0.853. The second-order valence-electron chi connectivity index (χ2n) is 5.67. The summed E-state index contributed by atoms with van der Waals surface area (Å²) >= 11 is 0. The molecule has 0 aromatic heterocycles. The van der Waals surface area contributed by atoms with Crippen molar-refractivity contribution in [2.24, 2.45) is 5.92 Å². The van der Waals surface area contributed by atoms with E-state index in [0.29, 0.717) is 22.9 Å². The normalized spacial score (nSPS) is 20.1. The zero-order chi connectivity index (χ0) is 15.3. The average Bonchev–Trinajstić information content (AvgIpc) is 2.53. The number of piperidine rings is 1. The van der Waals surface area contributed by atoms with E-state index < -0.39 is 9.84 Å². The molecule has 21 heavy (non-hydrogen) atoms. The first-order chi connectivity index (χ1) is 10.0. The molecule has 0 spiro atoms. The predicted molar refractivity (Wildman–Crippen MR) is 82.7 cm³/mol. The van der Waals surface area contributed by atoms with Gasteiger partial charge in [0.15, 0.2) is 9.84 Å². The van der Waals surface area contributed by atoms with Crippen molar-refractivity contribution in [1.29, 1.82) is 5.26 Å². The SMILES string of the molecule is CCC1CCCN(CCS(=O)(=O)c2ccc(C#N)cc2)C1. The maximum atomic E-state index is 12.3. The number of hydrogen-bond acceptors (Lipinski definition) is 4. The van der Waals surface area contributed by atoms with Crippen molar-refractivity contribution in [1.82, 2.24) is 4.90 Å². The van der Waals surface area contributed by atoms with E-state index in [1.54, 1.807) is 12.1 Å². The Morgan fingerprint density at radius 2 is 2.05 bits per heavy atom. The van der Waals surface area contributed by atoms with Gasteiger partial charge >= 0.3 is 0 Å². The Balaban J connectivity index is 1.96. The van der Waals surface area contributed by atoms with Gasteiger partial charge in [-0.15, -0.1) is 0 Å². The van der Waals surface area contributed by atoms with Gasteiger partial charge in [0, 0.05) is 13.1 Å². The molecule has 2 rings (SSSR count).